The molecule has 2 N–H and O–H groups in total. The Morgan fingerprint density at radius 3 is 2.80 bits per heavy atom. The lowest BCUT2D eigenvalue weighted by atomic mass is 9.84. The van der Waals surface area contributed by atoms with E-state index in [0.717, 1.165) is 17.1 Å². The molecule has 1 aromatic carbocycles. The zero-order chi connectivity index (χ0) is 14.6. The van der Waals surface area contributed by atoms with Gasteiger partial charge in [-0.3, -0.25) is 4.79 Å². The van der Waals surface area contributed by atoms with Gasteiger partial charge in [-0.2, -0.15) is 0 Å². The van der Waals surface area contributed by atoms with Gasteiger partial charge in [0.05, 0.1) is 0 Å². The number of carbonyl (C=O) groups is 1. The van der Waals surface area contributed by atoms with Gasteiger partial charge < -0.3 is 20.1 Å². The van der Waals surface area contributed by atoms with Crippen molar-refractivity contribution in [1.29, 1.82) is 0 Å². The van der Waals surface area contributed by atoms with Crippen LogP contribution in [0.3, 0.4) is 0 Å². The Morgan fingerprint density at radius 2 is 2.05 bits per heavy atom. The highest BCUT2D eigenvalue weighted by molar-refractivity contribution is 5.76. The zero-order valence-corrected chi connectivity index (χ0v) is 12.3. The summed E-state index contributed by atoms with van der Waals surface area (Å²) in [5.74, 6) is 1.62. The first kappa shape index (κ1) is 14.7. The van der Waals surface area contributed by atoms with Crippen LogP contribution in [0.25, 0.3) is 0 Å². The lowest BCUT2D eigenvalue weighted by Crippen LogP contribution is -2.37. The Kier molecular flexibility index (Phi) is 4.49. The van der Waals surface area contributed by atoms with Crippen LogP contribution in [-0.4, -0.2) is 32.8 Å². The van der Waals surface area contributed by atoms with E-state index in [1.165, 1.54) is 0 Å². The van der Waals surface area contributed by atoms with Gasteiger partial charge in [0.15, 0.2) is 11.5 Å². The fourth-order valence-corrected chi connectivity index (χ4v) is 2.07. The maximum Gasteiger partial charge on any atom is 0.231 e. The zero-order valence-electron chi connectivity index (χ0n) is 12.3. The second kappa shape index (κ2) is 6.13. The molecule has 0 radical (unpaired) electrons. The molecule has 0 bridgehead atoms. The Balaban J connectivity index is 1.97. The predicted molar refractivity (Wildman–Crippen MR) is 77.1 cm³/mol. The van der Waals surface area contributed by atoms with E-state index in [1.54, 1.807) is 0 Å². The molecule has 0 aliphatic carbocycles. The van der Waals surface area contributed by atoms with Crippen molar-refractivity contribution in [3.05, 3.63) is 23.8 Å². The Bertz CT molecular complexity index is 486. The summed E-state index contributed by atoms with van der Waals surface area (Å²) >= 11 is 0. The van der Waals surface area contributed by atoms with E-state index >= 15 is 0 Å². The third-order valence-corrected chi connectivity index (χ3v) is 3.48. The summed E-state index contributed by atoms with van der Waals surface area (Å²) in [4.78, 5) is 11.7. The van der Waals surface area contributed by atoms with E-state index in [0.29, 0.717) is 19.5 Å². The van der Waals surface area contributed by atoms with Crippen LogP contribution in [-0.2, 0) is 10.2 Å². The van der Waals surface area contributed by atoms with E-state index in [4.69, 9.17) is 9.47 Å². The first-order chi connectivity index (χ1) is 9.53. The SMILES string of the molecule is CNCCC(=O)NCC(C)(C)c1ccc2c(c1)OCO2. The highest BCUT2D eigenvalue weighted by Gasteiger charge is 2.24. The van der Waals surface area contributed by atoms with Crippen LogP contribution in [0.1, 0.15) is 25.8 Å². The molecule has 2 rings (SSSR count). The number of rotatable bonds is 6. The van der Waals surface area contributed by atoms with Gasteiger partial charge in [0.2, 0.25) is 12.7 Å². The highest BCUT2D eigenvalue weighted by Crippen LogP contribution is 2.36. The molecule has 0 saturated heterocycles. The molecule has 0 atom stereocenters. The summed E-state index contributed by atoms with van der Waals surface area (Å²) in [5, 5.41) is 5.94. The van der Waals surface area contributed by atoms with Gasteiger partial charge in [-0.1, -0.05) is 19.9 Å². The van der Waals surface area contributed by atoms with Crippen LogP contribution >= 0.6 is 0 Å². The van der Waals surface area contributed by atoms with Crippen molar-refractivity contribution in [3.63, 3.8) is 0 Å². The maximum atomic E-state index is 11.7. The molecule has 1 heterocycles. The molecule has 1 aliphatic heterocycles. The van der Waals surface area contributed by atoms with E-state index in [9.17, 15) is 4.79 Å². The van der Waals surface area contributed by atoms with Crippen molar-refractivity contribution in [2.75, 3.05) is 26.9 Å². The quantitative estimate of drug-likeness (QED) is 0.826. The van der Waals surface area contributed by atoms with Crippen LogP contribution < -0.4 is 20.1 Å². The summed E-state index contributed by atoms with van der Waals surface area (Å²) in [5.41, 5.74) is 0.965. The van der Waals surface area contributed by atoms with Gasteiger partial charge in [-0.15, -0.1) is 0 Å². The van der Waals surface area contributed by atoms with E-state index in [-0.39, 0.29) is 18.1 Å². The van der Waals surface area contributed by atoms with Gasteiger partial charge in [-0.05, 0) is 24.7 Å². The number of ether oxygens (including phenoxy) is 2. The third-order valence-electron chi connectivity index (χ3n) is 3.48. The van der Waals surface area contributed by atoms with Gasteiger partial charge in [0, 0.05) is 24.9 Å². The molecule has 110 valence electrons. The third kappa shape index (κ3) is 3.42. The molecule has 5 nitrogen and oxygen atoms in total. The van der Waals surface area contributed by atoms with Gasteiger partial charge in [0.25, 0.3) is 0 Å². The smallest absolute Gasteiger partial charge is 0.231 e. The first-order valence-electron chi connectivity index (χ1n) is 6.84. The monoisotopic (exact) mass is 278 g/mol. The molecule has 0 unspecified atom stereocenters. The number of hydrogen-bond donors (Lipinski definition) is 2. The molecule has 0 saturated carbocycles. The highest BCUT2D eigenvalue weighted by atomic mass is 16.7. The summed E-state index contributed by atoms with van der Waals surface area (Å²) in [6.07, 6.45) is 0.494. The molecular formula is C15H22N2O3. The topological polar surface area (TPSA) is 59.6 Å². The average molecular weight is 278 g/mol. The van der Waals surface area contributed by atoms with Gasteiger partial charge in [0.1, 0.15) is 0 Å². The maximum absolute atomic E-state index is 11.7. The standard InChI is InChI=1S/C15H22N2O3/c1-15(2,9-17-14(18)6-7-16-3)11-4-5-12-13(8-11)20-10-19-12/h4-5,8,16H,6-7,9-10H2,1-3H3,(H,17,18). The number of carbonyl (C=O) groups excluding carboxylic acids is 1. The fourth-order valence-electron chi connectivity index (χ4n) is 2.07. The van der Waals surface area contributed by atoms with Gasteiger partial charge >= 0.3 is 0 Å². The Labute approximate surface area is 119 Å². The minimum Gasteiger partial charge on any atom is -0.454 e. The van der Waals surface area contributed by atoms with E-state index in [1.807, 2.05) is 25.2 Å². The average Bonchev–Trinajstić information content (AvgIpc) is 2.90. The van der Waals surface area contributed by atoms with Crippen LogP contribution in [0, 0.1) is 0 Å². The fraction of sp³-hybridized carbons (Fsp3) is 0.533. The van der Waals surface area contributed by atoms with E-state index < -0.39 is 0 Å². The number of nitrogens with one attached hydrogen (secondary N) is 2. The van der Waals surface area contributed by atoms with Crippen molar-refractivity contribution in [2.45, 2.75) is 25.7 Å². The molecule has 5 heteroatoms. The number of hydrogen-bond acceptors (Lipinski definition) is 4. The second-order valence-electron chi connectivity index (χ2n) is 5.58. The number of fused-ring (bicyclic) bond motifs is 1. The number of amides is 1. The minimum absolute atomic E-state index is 0.0631. The Hall–Kier alpha value is -1.75. The van der Waals surface area contributed by atoms with Crippen molar-refractivity contribution in [2.24, 2.45) is 0 Å². The summed E-state index contributed by atoms with van der Waals surface area (Å²) in [6, 6.07) is 5.93. The van der Waals surface area contributed by atoms with Crippen molar-refractivity contribution in [1.82, 2.24) is 10.6 Å². The molecule has 0 aromatic heterocycles. The molecular weight excluding hydrogens is 256 g/mol. The van der Waals surface area contributed by atoms with Crippen molar-refractivity contribution >= 4 is 5.91 Å². The predicted octanol–water partition coefficient (Wildman–Crippen LogP) is 1.42. The van der Waals surface area contributed by atoms with Crippen LogP contribution in [0.2, 0.25) is 0 Å². The lowest BCUT2D eigenvalue weighted by molar-refractivity contribution is -0.121. The molecule has 0 fully saturated rings. The number of benzene rings is 1. The molecule has 20 heavy (non-hydrogen) atoms. The molecule has 1 aromatic rings. The second-order valence-corrected chi connectivity index (χ2v) is 5.58. The van der Waals surface area contributed by atoms with Crippen LogP contribution in [0.15, 0.2) is 18.2 Å². The van der Waals surface area contributed by atoms with Crippen molar-refractivity contribution in [3.8, 4) is 11.5 Å². The Morgan fingerprint density at radius 1 is 1.30 bits per heavy atom. The minimum atomic E-state index is -0.156. The lowest BCUT2D eigenvalue weighted by Gasteiger charge is -2.26. The summed E-state index contributed by atoms with van der Waals surface area (Å²) in [6.45, 7) is 5.76. The molecule has 0 spiro atoms. The first-order valence-corrected chi connectivity index (χ1v) is 6.84. The van der Waals surface area contributed by atoms with Gasteiger partial charge in [-0.25, -0.2) is 0 Å². The van der Waals surface area contributed by atoms with E-state index in [2.05, 4.69) is 24.5 Å². The van der Waals surface area contributed by atoms with Crippen molar-refractivity contribution < 1.29 is 14.3 Å². The molecule has 1 amide bonds. The summed E-state index contributed by atoms with van der Waals surface area (Å²) < 4.78 is 10.7. The molecule has 1 aliphatic rings. The summed E-state index contributed by atoms with van der Waals surface area (Å²) in [7, 11) is 1.84. The van der Waals surface area contributed by atoms with Crippen LogP contribution in [0.4, 0.5) is 0 Å². The van der Waals surface area contributed by atoms with Crippen LogP contribution in [0.5, 0.6) is 11.5 Å². The normalized spacial score (nSPS) is 13.3. The largest absolute Gasteiger partial charge is 0.454 e.